The van der Waals surface area contributed by atoms with Gasteiger partial charge in [-0.05, 0) is 27.4 Å². The Morgan fingerprint density at radius 3 is 3.00 bits per heavy atom. The smallest absolute Gasteiger partial charge is 0.197 e. The number of aromatic nitrogens is 1. The van der Waals surface area contributed by atoms with Gasteiger partial charge in [0.2, 0.25) is 0 Å². The molecule has 0 saturated heterocycles. The summed E-state index contributed by atoms with van der Waals surface area (Å²) in [4.78, 5) is 9.38. The molecule has 0 aliphatic carbocycles. The van der Waals surface area contributed by atoms with Crippen LogP contribution in [0.2, 0.25) is 0 Å². The highest BCUT2D eigenvalue weighted by atomic mass is 32.1. The molecule has 2 heterocycles. The molecule has 5 heteroatoms. The Morgan fingerprint density at radius 1 is 1.56 bits per heavy atom. The maximum Gasteiger partial charge on any atom is 0.197 e. The van der Waals surface area contributed by atoms with Gasteiger partial charge in [-0.1, -0.05) is 0 Å². The van der Waals surface area contributed by atoms with Crippen LogP contribution in [-0.2, 0) is 6.42 Å². The number of hydrogen-bond acceptors (Lipinski definition) is 4. The summed E-state index contributed by atoms with van der Waals surface area (Å²) in [5.74, 6) is 0. The van der Waals surface area contributed by atoms with E-state index in [4.69, 9.17) is 0 Å². The Balaban J connectivity index is 2.05. The molecule has 0 bridgehead atoms. The van der Waals surface area contributed by atoms with Gasteiger partial charge in [0.1, 0.15) is 5.69 Å². The van der Waals surface area contributed by atoms with Gasteiger partial charge in [0.25, 0.3) is 0 Å². The van der Waals surface area contributed by atoms with Crippen LogP contribution in [0.1, 0.15) is 21.9 Å². The molecule has 1 aliphatic rings. The summed E-state index contributed by atoms with van der Waals surface area (Å²) >= 11 is 1.63. The highest BCUT2D eigenvalue weighted by Gasteiger charge is 2.29. The van der Waals surface area contributed by atoms with E-state index in [1.165, 1.54) is 0 Å². The highest BCUT2D eigenvalue weighted by molar-refractivity contribution is 7.11. The molecule has 0 amide bonds. The van der Waals surface area contributed by atoms with Crippen LogP contribution in [-0.4, -0.2) is 48.5 Å². The van der Waals surface area contributed by atoms with E-state index in [0.29, 0.717) is 5.69 Å². The second-order valence-electron chi connectivity index (χ2n) is 4.47. The van der Waals surface area contributed by atoms with Crippen molar-refractivity contribution in [2.45, 2.75) is 19.6 Å². The van der Waals surface area contributed by atoms with E-state index in [9.17, 15) is 4.39 Å². The molecule has 90 valence electrons. The van der Waals surface area contributed by atoms with Gasteiger partial charge in [-0.3, -0.25) is 4.90 Å². The lowest BCUT2D eigenvalue weighted by atomic mass is 10.1. The third-order valence-electron chi connectivity index (χ3n) is 2.84. The Morgan fingerprint density at radius 2 is 2.31 bits per heavy atom. The molecule has 0 spiro atoms. The summed E-state index contributed by atoms with van der Waals surface area (Å²) in [7, 11) is 4.02. The van der Waals surface area contributed by atoms with Gasteiger partial charge >= 0.3 is 0 Å². The molecule has 1 aromatic rings. The second-order valence-corrected chi connectivity index (χ2v) is 5.75. The van der Waals surface area contributed by atoms with Gasteiger partial charge in [0, 0.05) is 24.5 Å². The van der Waals surface area contributed by atoms with Gasteiger partial charge < -0.3 is 4.90 Å². The number of halogens is 1. The van der Waals surface area contributed by atoms with Crippen molar-refractivity contribution in [3.63, 3.8) is 0 Å². The summed E-state index contributed by atoms with van der Waals surface area (Å²) in [5.41, 5.74) is 0.660. The van der Waals surface area contributed by atoms with Crippen molar-refractivity contribution >= 4 is 11.3 Å². The lowest BCUT2D eigenvalue weighted by Gasteiger charge is -2.30. The van der Waals surface area contributed by atoms with Crippen LogP contribution >= 0.6 is 11.3 Å². The normalized spacial score (nSPS) is 21.4. The van der Waals surface area contributed by atoms with E-state index >= 15 is 0 Å². The quantitative estimate of drug-likeness (QED) is 0.755. The summed E-state index contributed by atoms with van der Waals surface area (Å²) in [6.07, 6.45) is -0.0667. The number of fused-ring (bicyclic) bond motifs is 1. The van der Waals surface area contributed by atoms with Crippen LogP contribution in [0, 0.1) is 6.92 Å². The van der Waals surface area contributed by atoms with E-state index in [1.54, 1.807) is 11.3 Å². The molecule has 16 heavy (non-hydrogen) atoms. The molecule has 3 nitrogen and oxygen atoms in total. The molecule has 1 aliphatic heterocycles. The van der Waals surface area contributed by atoms with Crippen molar-refractivity contribution in [3.8, 4) is 0 Å². The zero-order valence-corrected chi connectivity index (χ0v) is 10.9. The number of nitrogens with zero attached hydrogens (tertiary/aromatic N) is 3. The van der Waals surface area contributed by atoms with Crippen LogP contribution in [0.15, 0.2) is 0 Å². The maximum atomic E-state index is 14.2. The molecular formula is C11H18FN3S. The predicted octanol–water partition coefficient (Wildman–Crippen LogP) is 1.84. The summed E-state index contributed by atoms with van der Waals surface area (Å²) in [6.45, 7) is 4.41. The number of rotatable bonds is 3. The highest BCUT2D eigenvalue weighted by Crippen LogP contribution is 2.33. The van der Waals surface area contributed by atoms with Gasteiger partial charge in [-0.15, -0.1) is 11.3 Å². The predicted molar refractivity (Wildman–Crippen MR) is 64.5 cm³/mol. The van der Waals surface area contributed by atoms with Gasteiger partial charge in [0.05, 0.1) is 5.01 Å². The third kappa shape index (κ3) is 2.42. The van der Waals surface area contributed by atoms with Crippen LogP contribution < -0.4 is 0 Å². The molecule has 1 atom stereocenters. The number of hydrogen-bond donors (Lipinski definition) is 0. The first kappa shape index (κ1) is 12.0. The van der Waals surface area contributed by atoms with Gasteiger partial charge in [-0.25, -0.2) is 9.37 Å². The number of likely N-dealkylation sites (N-methyl/N-ethyl adjacent to an activating group) is 1. The largest absolute Gasteiger partial charge is 0.308 e. The van der Waals surface area contributed by atoms with Gasteiger partial charge in [-0.2, -0.15) is 0 Å². The molecule has 0 radical (unpaired) electrons. The molecule has 0 aromatic carbocycles. The molecule has 0 saturated carbocycles. The van der Waals surface area contributed by atoms with E-state index in [1.807, 2.05) is 25.9 Å². The van der Waals surface area contributed by atoms with Crippen LogP contribution in [0.5, 0.6) is 0 Å². The lowest BCUT2D eigenvalue weighted by Crippen LogP contribution is -2.37. The number of aryl methyl sites for hydroxylation is 1. The average Bonchev–Trinajstić information content (AvgIpc) is 2.58. The topological polar surface area (TPSA) is 19.4 Å². The van der Waals surface area contributed by atoms with Crippen molar-refractivity contribution < 1.29 is 4.39 Å². The van der Waals surface area contributed by atoms with Crippen LogP contribution in [0.4, 0.5) is 4.39 Å². The Kier molecular flexibility index (Phi) is 3.56. The average molecular weight is 243 g/mol. The summed E-state index contributed by atoms with van der Waals surface area (Å²) in [6, 6.07) is 0. The molecule has 2 rings (SSSR count). The Hall–Kier alpha value is -0.520. The molecule has 0 fully saturated rings. The van der Waals surface area contributed by atoms with E-state index in [-0.39, 0.29) is 0 Å². The van der Waals surface area contributed by atoms with E-state index in [2.05, 4.69) is 9.88 Å². The van der Waals surface area contributed by atoms with Crippen molar-refractivity contribution in [3.05, 3.63) is 15.6 Å². The van der Waals surface area contributed by atoms with Crippen molar-refractivity contribution in [2.24, 2.45) is 0 Å². The maximum absolute atomic E-state index is 14.2. The molecule has 1 unspecified atom stereocenters. The fourth-order valence-electron chi connectivity index (χ4n) is 1.94. The zero-order chi connectivity index (χ0) is 11.7. The zero-order valence-electron chi connectivity index (χ0n) is 10.0. The van der Waals surface area contributed by atoms with Crippen molar-refractivity contribution in [2.75, 3.05) is 33.7 Å². The summed E-state index contributed by atoms with van der Waals surface area (Å²) in [5, 5.41) is 0.974. The summed E-state index contributed by atoms with van der Waals surface area (Å²) < 4.78 is 14.2. The first-order valence-corrected chi connectivity index (χ1v) is 6.38. The van der Waals surface area contributed by atoms with E-state index in [0.717, 1.165) is 35.9 Å². The Labute approximate surface area is 99.9 Å². The van der Waals surface area contributed by atoms with Crippen molar-refractivity contribution in [1.82, 2.24) is 14.8 Å². The number of alkyl halides is 1. The van der Waals surface area contributed by atoms with Gasteiger partial charge in [0.15, 0.2) is 6.30 Å². The fourth-order valence-corrected chi connectivity index (χ4v) is 2.88. The lowest BCUT2D eigenvalue weighted by molar-refractivity contribution is 0.0632. The molecule has 0 N–H and O–H groups in total. The molecule has 1 aromatic heterocycles. The molecular weight excluding hydrogens is 225 g/mol. The SMILES string of the molecule is Cc1nc2c(s1)CCN(CCN(C)C)C2F. The Bertz CT molecular complexity index is 364. The standard InChI is InChI=1S/C11H18FN3S/c1-8-13-10-9(16-8)4-5-15(11(10)12)7-6-14(2)3/h11H,4-7H2,1-3H3. The number of thiazole rings is 1. The van der Waals surface area contributed by atoms with Crippen LogP contribution in [0.3, 0.4) is 0 Å². The minimum absolute atomic E-state index is 0.660. The monoisotopic (exact) mass is 243 g/mol. The minimum atomic E-state index is -1.01. The first-order valence-electron chi connectivity index (χ1n) is 5.57. The third-order valence-corrected chi connectivity index (χ3v) is 3.89. The first-order chi connectivity index (χ1) is 7.58. The fraction of sp³-hybridized carbons (Fsp3) is 0.727. The van der Waals surface area contributed by atoms with Crippen LogP contribution in [0.25, 0.3) is 0 Å². The minimum Gasteiger partial charge on any atom is -0.308 e. The van der Waals surface area contributed by atoms with E-state index < -0.39 is 6.30 Å². The van der Waals surface area contributed by atoms with Crippen molar-refractivity contribution in [1.29, 1.82) is 0 Å². The second kappa shape index (κ2) is 4.77.